The predicted molar refractivity (Wildman–Crippen MR) is 70.5 cm³/mol. The molecule has 0 radical (unpaired) electrons. The van der Waals surface area contributed by atoms with Crippen molar-refractivity contribution in [2.24, 2.45) is 0 Å². The molecule has 0 rings (SSSR count). The number of nitrogens with one attached hydrogen (secondary N) is 2. The minimum Gasteiger partial charge on any atom is -0.481 e. The molecule has 1 atom stereocenters. The van der Waals surface area contributed by atoms with Crippen LogP contribution in [-0.4, -0.2) is 40.7 Å². The van der Waals surface area contributed by atoms with E-state index in [1.54, 1.807) is 11.8 Å². The van der Waals surface area contributed by atoms with Gasteiger partial charge in [-0.15, -0.1) is 0 Å². The summed E-state index contributed by atoms with van der Waals surface area (Å²) < 4.78 is -0.0220. The number of hydrogen-bond acceptors (Lipinski definition) is 3. The van der Waals surface area contributed by atoms with Crippen molar-refractivity contribution in [2.75, 3.05) is 12.8 Å². The van der Waals surface area contributed by atoms with Crippen LogP contribution in [-0.2, 0) is 4.79 Å². The Hall–Kier alpha value is -0.910. The molecule has 6 heteroatoms. The molecule has 0 aromatic rings. The van der Waals surface area contributed by atoms with Crippen LogP contribution in [0.5, 0.6) is 0 Å². The first-order chi connectivity index (χ1) is 7.80. The fourth-order valence-corrected chi connectivity index (χ4v) is 1.33. The predicted octanol–water partition coefficient (Wildman–Crippen LogP) is 1.68. The SMILES string of the molecule is CCC(CC(=O)O)NC(=O)NCC(C)(C)SC. The van der Waals surface area contributed by atoms with E-state index in [9.17, 15) is 9.59 Å². The molecule has 0 spiro atoms. The minimum absolute atomic E-state index is 0.0220. The molecule has 0 aliphatic heterocycles. The minimum atomic E-state index is -0.901. The highest BCUT2D eigenvalue weighted by molar-refractivity contribution is 7.99. The molecule has 2 amide bonds. The lowest BCUT2D eigenvalue weighted by Crippen LogP contribution is -2.46. The van der Waals surface area contributed by atoms with Crippen LogP contribution in [0.4, 0.5) is 4.79 Å². The van der Waals surface area contributed by atoms with Gasteiger partial charge in [0.25, 0.3) is 0 Å². The molecule has 0 bridgehead atoms. The maximum Gasteiger partial charge on any atom is 0.315 e. The van der Waals surface area contributed by atoms with Gasteiger partial charge in [-0.05, 0) is 26.5 Å². The number of thioether (sulfide) groups is 1. The highest BCUT2D eigenvalue weighted by Gasteiger charge is 2.18. The van der Waals surface area contributed by atoms with Crippen molar-refractivity contribution in [1.82, 2.24) is 10.6 Å². The van der Waals surface area contributed by atoms with E-state index in [4.69, 9.17) is 5.11 Å². The first kappa shape index (κ1) is 16.1. The summed E-state index contributed by atoms with van der Waals surface area (Å²) in [6.45, 7) is 6.46. The summed E-state index contributed by atoms with van der Waals surface area (Å²) in [6, 6.07) is -0.620. The first-order valence-corrected chi connectivity index (χ1v) is 6.84. The molecular formula is C11H22N2O3S. The molecule has 0 aliphatic rings. The number of carbonyl (C=O) groups is 2. The van der Waals surface area contributed by atoms with Crippen LogP contribution in [0, 0.1) is 0 Å². The molecule has 0 heterocycles. The van der Waals surface area contributed by atoms with Gasteiger partial charge in [-0.3, -0.25) is 4.79 Å². The van der Waals surface area contributed by atoms with Gasteiger partial charge in [0.15, 0.2) is 0 Å². The Morgan fingerprint density at radius 3 is 2.41 bits per heavy atom. The Morgan fingerprint density at radius 2 is 2.00 bits per heavy atom. The number of urea groups is 1. The quantitative estimate of drug-likeness (QED) is 0.652. The number of carboxylic acid groups (broad SMARTS) is 1. The summed E-state index contributed by atoms with van der Waals surface area (Å²) >= 11 is 1.67. The van der Waals surface area contributed by atoms with Gasteiger partial charge in [-0.1, -0.05) is 6.92 Å². The molecule has 100 valence electrons. The average molecular weight is 262 g/mol. The molecular weight excluding hydrogens is 240 g/mol. The lowest BCUT2D eigenvalue weighted by Gasteiger charge is -2.23. The van der Waals surface area contributed by atoms with Crippen molar-refractivity contribution in [3.8, 4) is 0 Å². The second-order valence-corrected chi connectivity index (χ2v) is 6.01. The zero-order valence-corrected chi connectivity index (χ0v) is 11.7. The van der Waals surface area contributed by atoms with E-state index in [2.05, 4.69) is 10.6 Å². The summed E-state index contributed by atoms with van der Waals surface area (Å²) in [6.07, 6.45) is 2.54. The van der Waals surface area contributed by atoms with E-state index in [0.717, 1.165) is 0 Å². The fraction of sp³-hybridized carbons (Fsp3) is 0.818. The maximum absolute atomic E-state index is 11.5. The second kappa shape index (κ2) is 7.42. The van der Waals surface area contributed by atoms with Crippen LogP contribution in [0.25, 0.3) is 0 Å². The smallest absolute Gasteiger partial charge is 0.315 e. The van der Waals surface area contributed by atoms with Gasteiger partial charge in [0, 0.05) is 17.3 Å². The zero-order valence-electron chi connectivity index (χ0n) is 10.9. The lowest BCUT2D eigenvalue weighted by molar-refractivity contribution is -0.137. The van der Waals surface area contributed by atoms with E-state index in [1.165, 1.54) is 0 Å². The summed E-state index contributed by atoms with van der Waals surface area (Å²) in [5.41, 5.74) is 0. The number of rotatable bonds is 7. The van der Waals surface area contributed by atoms with Gasteiger partial charge < -0.3 is 15.7 Å². The summed E-state index contributed by atoms with van der Waals surface area (Å²) in [5.74, 6) is -0.901. The van der Waals surface area contributed by atoms with Gasteiger partial charge >= 0.3 is 12.0 Å². The zero-order chi connectivity index (χ0) is 13.5. The average Bonchev–Trinajstić information content (AvgIpc) is 2.25. The number of aliphatic carboxylic acids is 1. The Bertz CT molecular complexity index is 269. The van der Waals surface area contributed by atoms with Gasteiger partial charge in [-0.25, -0.2) is 4.79 Å². The van der Waals surface area contributed by atoms with Crippen LogP contribution in [0.15, 0.2) is 0 Å². The van der Waals surface area contributed by atoms with Crippen molar-refractivity contribution >= 4 is 23.8 Å². The Morgan fingerprint density at radius 1 is 1.41 bits per heavy atom. The number of hydrogen-bond donors (Lipinski definition) is 3. The number of carbonyl (C=O) groups excluding carboxylic acids is 1. The number of amides is 2. The standard InChI is InChI=1S/C11H22N2O3S/c1-5-8(6-9(14)15)13-10(16)12-7-11(2,3)17-4/h8H,5-7H2,1-4H3,(H,14,15)(H2,12,13,16). The highest BCUT2D eigenvalue weighted by Crippen LogP contribution is 2.19. The van der Waals surface area contributed by atoms with E-state index in [0.29, 0.717) is 13.0 Å². The topological polar surface area (TPSA) is 78.4 Å². The molecule has 0 fully saturated rings. The molecule has 5 nitrogen and oxygen atoms in total. The third-order valence-corrected chi connectivity index (χ3v) is 3.73. The highest BCUT2D eigenvalue weighted by atomic mass is 32.2. The molecule has 0 aliphatic carbocycles. The van der Waals surface area contributed by atoms with Crippen LogP contribution in [0.3, 0.4) is 0 Å². The van der Waals surface area contributed by atoms with Crippen molar-refractivity contribution in [1.29, 1.82) is 0 Å². The molecule has 17 heavy (non-hydrogen) atoms. The largest absolute Gasteiger partial charge is 0.481 e. The number of carboxylic acids is 1. The third kappa shape index (κ3) is 7.90. The van der Waals surface area contributed by atoms with Crippen molar-refractivity contribution < 1.29 is 14.7 Å². The van der Waals surface area contributed by atoms with Gasteiger partial charge in [0.05, 0.1) is 6.42 Å². The van der Waals surface area contributed by atoms with Crippen LogP contribution in [0.2, 0.25) is 0 Å². The van der Waals surface area contributed by atoms with Crippen LogP contribution < -0.4 is 10.6 Å². The van der Waals surface area contributed by atoms with Crippen molar-refractivity contribution in [3.05, 3.63) is 0 Å². The molecule has 0 saturated carbocycles. The fourth-order valence-electron chi connectivity index (χ4n) is 1.11. The first-order valence-electron chi connectivity index (χ1n) is 5.62. The van der Waals surface area contributed by atoms with Gasteiger partial charge in [-0.2, -0.15) is 11.8 Å². The normalized spacial score (nSPS) is 12.9. The van der Waals surface area contributed by atoms with Crippen LogP contribution >= 0.6 is 11.8 Å². The van der Waals surface area contributed by atoms with E-state index >= 15 is 0 Å². The second-order valence-electron chi connectivity index (χ2n) is 4.49. The Labute approximate surface area is 107 Å². The maximum atomic E-state index is 11.5. The van der Waals surface area contributed by atoms with Crippen molar-refractivity contribution in [3.63, 3.8) is 0 Å². The van der Waals surface area contributed by atoms with E-state index in [1.807, 2.05) is 27.0 Å². The Kier molecular flexibility index (Phi) is 7.03. The van der Waals surface area contributed by atoms with Gasteiger partial charge in [0.2, 0.25) is 0 Å². The molecule has 0 aromatic carbocycles. The monoisotopic (exact) mass is 262 g/mol. The Balaban J connectivity index is 4.03. The summed E-state index contributed by atoms with van der Waals surface area (Å²) in [5, 5.41) is 14.1. The van der Waals surface area contributed by atoms with Crippen molar-refractivity contribution in [2.45, 2.75) is 44.4 Å². The van der Waals surface area contributed by atoms with E-state index in [-0.39, 0.29) is 23.2 Å². The lowest BCUT2D eigenvalue weighted by atomic mass is 10.1. The van der Waals surface area contributed by atoms with Crippen LogP contribution in [0.1, 0.15) is 33.6 Å². The summed E-state index contributed by atoms with van der Waals surface area (Å²) in [4.78, 5) is 22.1. The molecule has 3 N–H and O–H groups in total. The van der Waals surface area contributed by atoms with Gasteiger partial charge in [0.1, 0.15) is 0 Å². The summed E-state index contributed by atoms with van der Waals surface area (Å²) in [7, 11) is 0. The molecule has 0 saturated heterocycles. The molecule has 0 aromatic heterocycles. The van der Waals surface area contributed by atoms with E-state index < -0.39 is 5.97 Å². The molecule has 1 unspecified atom stereocenters. The third-order valence-electron chi connectivity index (χ3n) is 2.48.